The molecule has 0 saturated carbocycles. The molecule has 7 nitrogen and oxygen atoms in total. The van der Waals surface area contributed by atoms with Crippen LogP contribution in [0.4, 0.5) is 11.4 Å². The van der Waals surface area contributed by atoms with Crippen molar-refractivity contribution in [3.63, 3.8) is 0 Å². The first-order chi connectivity index (χ1) is 13.0. The first-order valence-corrected chi connectivity index (χ1v) is 8.31. The summed E-state index contributed by atoms with van der Waals surface area (Å²) in [5, 5.41) is 5.83. The molecule has 3 rings (SSSR count). The number of aromatic nitrogens is 1. The Labute approximate surface area is 156 Å². The number of rotatable bonds is 4. The molecule has 1 aromatic heterocycles. The number of nitrogens with one attached hydrogen (secondary N) is 2. The Balaban J connectivity index is 2.31. The zero-order valence-electron chi connectivity index (χ0n) is 15.0. The molecular formula is C20H19N5O2. The molecule has 0 atom stereocenters. The maximum absolute atomic E-state index is 11.6. The summed E-state index contributed by atoms with van der Waals surface area (Å²) in [6, 6.07) is 15.1. The van der Waals surface area contributed by atoms with Crippen LogP contribution in [-0.2, 0) is 9.59 Å². The van der Waals surface area contributed by atoms with Crippen molar-refractivity contribution in [3.8, 4) is 11.3 Å². The first kappa shape index (κ1) is 18.1. The normalized spacial score (nSPS) is 11.3. The molecule has 0 spiro atoms. The van der Waals surface area contributed by atoms with E-state index >= 15 is 0 Å². The number of amides is 2. The fourth-order valence-electron chi connectivity index (χ4n) is 2.83. The zero-order chi connectivity index (χ0) is 19.4. The van der Waals surface area contributed by atoms with Crippen molar-refractivity contribution in [3.05, 3.63) is 54.1 Å². The third-order valence-corrected chi connectivity index (χ3v) is 4.00. The van der Waals surface area contributed by atoms with E-state index in [2.05, 4.69) is 15.6 Å². The van der Waals surface area contributed by atoms with Crippen LogP contribution in [0, 0.1) is 6.92 Å². The standard InChI is InChI=1S/C20H19N5O2/c1-12-6-3-4-7-14(12)17-10-18(25-20(21)22-11-26)15-8-5-9-16(19(15)24-17)23-13(2)27/h3-11H,1-2H3,(H,23,27)(H3,21,22,24,25,26). The van der Waals surface area contributed by atoms with Crippen LogP contribution < -0.4 is 16.4 Å². The molecule has 4 N–H and O–H groups in total. The Bertz CT molecular complexity index is 1060. The van der Waals surface area contributed by atoms with Gasteiger partial charge in [0.25, 0.3) is 0 Å². The van der Waals surface area contributed by atoms with Crippen molar-refractivity contribution in [2.75, 3.05) is 5.32 Å². The molecule has 7 heteroatoms. The number of nitrogens with two attached hydrogens (primary N) is 1. The average molecular weight is 361 g/mol. The molecule has 2 amide bonds. The summed E-state index contributed by atoms with van der Waals surface area (Å²) in [4.78, 5) is 31.3. The highest BCUT2D eigenvalue weighted by Crippen LogP contribution is 2.34. The van der Waals surface area contributed by atoms with Gasteiger partial charge >= 0.3 is 0 Å². The highest BCUT2D eigenvalue weighted by atomic mass is 16.1. The van der Waals surface area contributed by atoms with Crippen molar-refractivity contribution in [2.45, 2.75) is 13.8 Å². The summed E-state index contributed by atoms with van der Waals surface area (Å²) >= 11 is 0. The molecule has 0 radical (unpaired) electrons. The maximum Gasteiger partial charge on any atom is 0.221 e. The lowest BCUT2D eigenvalue weighted by Gasteiger charge is -2.12. The second-order valence-electron chi connectivity index (χ2n) is 5.98. The monoisotopic (exact) mass is 361 g/mol. The number of guanidine groups is 1. The third-order valence-electron chi connectivity index (χ3n) is 4.00. The quantitative estimate of drug-likeness (QED) is 0.377. The van der Waals surface area contributed by atoms with Crippen LogP contribution in [0.3, 0.4) is 0 Å². The van der Waals surface area contributed by atoms with Gasteiger partial charge < -0.3 is 11.1 Å². The Morgan fingerprint density at radius 3 is 2.67 bits per heavy atom. The van der Waals surface area contributed by atoms with E-state index in [1.54, 1.807) is 12.1 Å². The molecule has 0 aliphatic heterocycles. The Hall–Kier alpha value is -3.74. The number of fused-ring (bicyclic) bond motifs is 1. The second kappa shape index (κ2) is 7.65. The van der Waals surface area contributed by atoms with Crippen LogP contribution in [0.2, 0.25) is 0 Å². The van der Waals surface area contributed by atoms with Gasteiger partial charge in [-0.3, -0.25) is 14.9 Å². The lowest BCUT2D eigenvalue weighted by molar-refractivity contribution is -0.114. The molecule has 0 bridgehead atoms. The van der Waals surface area contributed by atoms with Crippen molar-refractivity contribution < 1.29 is 9.59 Å². The molecule has 27 heavy (non-hydrogen) atoms. The predicted octanol–water partition coefficient (Wildman–Crippen LogP) is 2.86. The number of hydrogen-bond donors (Lipinski definition) is 3. The third kappa shape index (κ3) is 3.92. The van der Waals surface area contributed by atoms with Gasteiger partial charge in [0.2, 0.25) is 12.3 Å². The van der Waals surface area contributed by atoms with E-state index in [4.69, 9.17) is 10.7 Å². The van der Waals surface area contributed by atoms with Gasteiger partial charge in [-0.05, 0) is 24.6 Å². The van der Waals surface area contributed by atoms with Crippen LogP contribution in [0.5, 0.6) is 0 Å². The summed E-state index contributed by atoms with van der Waals surface area (Å²) in [6.45, 7) is 3.43. The summed E-state index contributed by atoms with van der Waals surface area (Å²) in [7, 11) is 0. The number of nitrogens with zero attached hydrogens (tertiary/aromatic N) is 2. The smallest absolute Gasteiger partial charge is 0.221 e. The van der Waals surface area contributed by atoms with Crippen molar-refractivity contribution in [1.82, 2.24) is 10.3 Å². The van der Waals surface area contributed by atoms with Gasteiger partial charge in [0.15, 0.2) is 5.96 Å². The zero-order valence-corrected chi connectivity index (χ0v) is 15.0. The van der Waals surface area contributed by atoms with Crippen LogP contribution >= 0.6 is 0 Å². The fraction of sp³-hybridized carbons (Fsp3) is 0.100. The van der Waals surface area contributed by atoms with Gasteiger partial charge in [-0.1, -0.05) is 36.4 Å². The minimum atomic E-state index is -0.196. The van der Waals surface area contributed by atoms with E-state index in [-0.39, 0.29) is 11.9 Å². The SMILES string of the molecule is CC(=O)Nc1cccc2c(N=C(N)NC=O)cc(-c3ccccc3C)nc12. The van der Waals surface area contributed by atoms with Crippen molar-refractivity contribution in [1.29, 1.82) is 0 Å². The minimum absolute atomic E-state index is 0.0295. The number of aryl methyl sites for hydroxylation is 1. The van der Waals surface area contributed by atoms with Crippen LogP contribution in [0.15, 0.2) is 53.5 Å². The Morgan fingerprint density at radius 1 is 1.19 bits per heavy atom. The highest BCUT2D eigenvalue weighted by molar-refractivity contribution is 6.05. The number of aliphatic imine (C=N–C) groups is 1. The molecule has 2 aromatic carbocycles. The average Bonchev–Trinajstić information content (AvgIpc) is 2.62. The molecule has 0 unspecified atom stereocenters. The van der Waals surface area contributed by atoms with E-state index in [0.29, 0.717) is 34.4 Å². The number of carbonyl (C=O) groups excluding carboxylic acids is 2. The molecule has 0 saturated heterocycles. The van der Waals surface area contributed by atoms with Crippen molar-refractivity contribution in [2.24, 2.45) is 10.7 Å². The predicted molar refractivity (Wildman–Crippen MR) is 107 cm³/mol. The Kier molecular flexibility index (Phi) is 5.12. The largest absolute Gasteiger partial charge is 0.369 e. The highest BCUT2D eigenvalue weighted by Gasteiger charge is 2.13. The van der Waals surface area contributed by atoms with Gasteiger partial charge in [-0.2, -0.15) is 0 Å². The molecule has 1 heterocycles. The topological polar surface area (TPSA) is 109 Å². The number of carbonyl (C=O) groups is 2. The molecule has 0 fully saturated rings. The van der Waals surface area contributed by atoms with E-state index in [0.717, 1.165) is 11.1 Å². The van der Waals surface area contributed by atoms with Crippen LogP contribution in [0.25, 0.3) is 22.2 Å². The van der Waals surface area contributed by atoms with E-state index < -0.39 is 0 Å². The van der Waals surface area contributed by atoms with Gasteiger partial charge in [0.05, 0.1) is 22.6 Å². The van der Waals surface area contributed by atoms with Crippen molar-refractivity contribution >= 4 is 40.6 Å². The molecule has 0 aliphatic carbocycles. The van der Waals surface area contributed by atoms with Gasteiger partial charge in [0.1, 0.15) is 0 Å². The maximum atomic E-state index is 11.6. The number of anilines is 1. The number of hydrogen-bond acceptors (Lipinski definition) is 4. The van der Waals surface area contributed by atoms with E-state index in [9.17, 15) is 9.59 Å². The Morgan fingerprint density at radius 2 is 1.96 bits per heavy atom. The molecule has 3 aromatic rings. The number of para-hydroxylation sites is 1. The molecular weight excluding hydrogens is 342 g/mol. The lowest BCUT2D eigenvalue weighted by Crippen LogP contribution is -2.29. The fourth-order valence-corrected chi connectivity index (χ4v) is 2.83. The van der Waals surface area contributed by atoms with Gasteiger partial charge in [-0.25, -0.2) is 9.98 Å². The molecule has 0 aliphatic rings. The van der Waals surface area contributed by atoms with Crippen LogP contribution in [0.1, 0.15) is 12.5 Å². The van der Waals surface area contributed by atoms with Gasteiger partial charge in [-0.15, -0.1) is 0 Å². The van der Waals surface area contributed by atoms with Crippen LogP contribution in [-0.4, -0.2) is 23.3 Å². The second-order valence-corrected chi connectivity index (χ2v) is 5.98. The summed E-state index contributed by atoms with van der Waals surface area (Å²) < 4.78 is 0. The number of benzene rings is 2. The summed E-state index contributed by atoms with van der Waals surface area (Å²) in [5.41, 5.74) is 10.2. The number of pyridine rings is 1. The summed E-state index contributed by atoms with van der Waals surface area (Å²) in [6.07, 6.45) is 0.465. The van der Waals surface area contributed by atoms with E-state index in [1.807, 2.05) is 43.3 Å². The molecule has 136 valence electrons. The summed E-state index contributed by atoms with van der Waals surface area (Å²) in [5.74, 6) is -0.226. The first-order valence-electron chi connectivity index (χ1n) is 8.31. The lowest BCUT2D eigenvalue weighted by atomic mass is 10.0. The minimum Gasteiger partial charge on any atom is -0.369 e. The van der Waals surface area contributed by atoms with E-state index in [1.165, 1.54) is 6.92 Å². The van der Waals surface area contributed by atoms with Gasteiger partial charge in [0, 0.05) is 17.9 Å².